The predicted molar refractivity (Wildman–Crippen MR) is 55.7 cm³/mol. The first kappa shape index (κ1) is 10.4. The van der Waals surface area contributed by atoms with Gasteiger partial charge in [-0.15, -0.1) is 0 Å². The van der Waals surface area contributed by atoms with E-state index in [4.69, 9.17) is 4.74 Å². The summed E-state index contributed by atoms with van der Waals surface area (Å²) in [5.41, 5.74) is 0.727. The van der Waals surface area contributed by atoms with E-state index in [1.165, 1.54) is 12.8 Å². The van der Waals surface area contributed by atoms with Crippen molar-refractivity contribution in [1.82, 2.24) is 15.1 Å². The number of nitrogens with zero attached hydrogens (tertiary/aromatic N) is 2. The second-order valence-electron chi connectivity index (χ2n) is 3.92. The number of ether oxygens (including phenoxy) is 1. The van der Waals surface area contributed by atoms with Gasteiger partial charge in [-0.05, 0) is 12.8 Å². The van der Waals surface area contributed by atoms with Crippen molar-refractivity contribution in [2.45, 2.75) is 25.0 Å². The summed E-state index contributed by atoms with van der Waals surface area (Å²) in [5, 5.41) is 17.3. The molecule has 2 rings (SSSR count). The quantitative estimate of drug-likeness (QED) is 0.731. The fraction of sp³-hybridized carbons (Fsp3) is 0.700. The molecule has 0 bridgehead atoms. The maximum atomic E-state index is 9.98. The molecule has 1 unspecified atom stereocenters. The largest absolute Gasteiger partial charge is 0.493 e. The van der Waals surface area contributed by atoms with E-state index < -0.39 is 6.10 Å². The van der Waals surface area contributed by atoms with Crippen LogP contribution in [0.4, 0.5) is 0 Å². The van der Waals surface area contributed by atoms with Gasteiger partial charge in [-0.2, -0.15) is 5.10 Å². The average molecular weight is 211 g/mol. The highest BCUT2D eigenvalue weighted by Crippen LogP contribution is 2.25. The van der Waals surface area contributed by atoms with Crippen LogP contribution in [0.2, 0.25) is 0 Å². The maximum absolute atomic E-state index is 9.98. The minimum absolute atomic E-state index is 0.556. The van der Waals surface area contributed by atoms with E-state index in [9.17, 15) is 5.11 Å². The summed E-state index contributed by atoms with van der Waals surface area (Å²) in [6.07, 6.45) is 3.49. The van der Waals surface area contributed by atoms with Gasteiger partial charge in [0.15, 0.2) is 5.75 Å². The lowest BCUT2D eigenvalue weighted by Gasteiger charge is -2.13. The Morgan fingerprint density at radius 3 is 3.07 bits per heavy atom. The maximum Gasteiger partial charge on any atom is 0.162 e. The molecule has 84 valence electrons. The minimum atomic E-state index is -0.562. The summed E-state index contributed by atoms with van der Waals surface area (Å²) in [6.45, 7) is 0.556. The van der Waals surface area contributed by atoms with E-state index in [1.807, 2.05) is 0 Å². The zero-order valence-corrected chi connectivity index (χ0v) is 9.10. The van der Waals surface area contributed by atoms with Crippen molar-refractivity contribution in [3.05, 3.63) is 11.9 Å². The summed E-state index contributed by atoms with van der Waals surface area (Å²) < 4.78 is 6.79. The highest BCUT2D eigenvalue weighted by Gasteiger charge is 2.24. The van der Waals surface area contributed by atoms with Crippen LogP contribution in [0.15, 0.2) is 6.20 Å². The zero-order valence-electron chi connectivity index (χ0n) is 9.10. The summed E-state index contributed by atoms with van der Waals surface area (Å²) in [4.78, 5) is 0. The summed E-state index contributed by atoms with van der Waals surface area (Å²) >= 11 is 0. The van der Waals surface area contributed by atoms with Crippen LogP contribution in [0.25, 0.3) is 0 Å². The third-order valence-electron chi connectivity index (χ3n) is 2.66. The van der Waals surface area contributed by atoms with Crippen LogP contribution in [0.5, 0.6) is 5.75 Å². The second-order valence-corrected chi connectivity index (χ2v) is 3.92. The molecule has 0 radical (unpaired) electrons. The highest BCUT2D eigenvalue weighted by molar-refractivity contribution is 5.27. The average Bonchev–Trinajstić information content (AvgIpc) is 2.98. The van der Waals surface area contributed by atoms with Crippen molar-refractivity contribution in [1.29, 1.82) is 0 Å². The fourth-order valence-electron chi connectivity index (χ4n) is 1.63. The Morgan fingerprint density at radius 2 is 2.47 bits per heavy atom. The van der Waals surface area contributed by atoms with Crippen molar-refractivity contribution in [2.75, 3.05) is 13.7 Å². The van der Waals surface area contributed by atoms with Gasteiger partial charge in [0.05, 0.1) is 13.3 Å². The Bertz CT molecular complexity index is 333. The molecule has 0 spiro atoms. The molecule has 0 aliphatic heterocycles. The molecular formula is C10H17N3O2. The smallest absolute Gasteiger partial charge is 0.162 e. The van der Waals surface area contributed by atoms with Gasteiger partial charge in [0.25, 0.3) is 0 Å². The number of aliphatic hydroxyl groups is 1. The molecule has 1 saturated carbocycles. The molecular weight excluding hydrogens is 194 g/mol. The number of aliphatic hydroxyl groups excluding tert-OH is 1. The molecule has 1 aliphatic carbocycles. The number of aromatic nitrogens is 2. The molecule has 5 nitrogen and oxygen atoms in total. The molecule has 1 aromatic rings. The van der Waals surface area contributed by atoms with Gasteiger partial charge in [-0.3, -0.25) is 4.68 Å². The predicted octanol–water partition coefficient (Wildman–Crippen LogP) is 0.214. The van der Waals surface area contributed by atoms with E-state index in [2.05, 4.69) is 10.4 Å². The van der Waals surface area contributed by atoms with Crippen LogP contribution < -0.4 is 10.1 Å². The summed E-state index contributed by atoms with van der Waals surface area (Å²) in [6, 6.07) is 0.596. The van der Waals surface area contributed by atoms with Gasteiger partial charge in [0.2, 0.25) is 0 Å². The van der Waals surface area contributed by atoms with Crippen molar-refractivity contribution in [3.63, 3.8) is 0 Å². The number of hydrogen-bond donors (Lipinski definition) is 2. The van der Waals surface area contributed by atoms with E-state index in [1.54, 1.807) is 25.0 Å². The number of methoxy groups -OCH3 is 1. The molecule has 1 fully saturated rings. The molecule has 1 atom stereocenters. The molecule has 15 heavy (non-hydrogen) atoms. The third-order valence-corrected chi connectivity index (χ3v) is 2.66. The number of aryl methyl sites for hydroxylation is 1. The monoisotopic (exact) mass is 211 g/mol. The first-order valence-corrected chi connectivity index (χ1v) is 5.19. The first-order chi connectivity index (χ1) is 7.22. The highest BCUT2D eigenvalue weighted by atomic mass is 16.5. The number of rotatable bonds is 5. The van der Waals surface area contributed by atoms with Crippen molar-refractivity contribution < 1.29 is 9.84 Å². The molecule has 1 heterocycles. The molecule has 1 aromatic heterocycles. The first-order valence-electron chi connectivity index (χ1n) is 5.19. The van der Waals surface area contributed by atoms with Gasteiger partial charge >= 0.3 is 0 Å². The van der Waals surface area contributed by atoms with Crippen molar-refractivity contribution in [2.24, 2.45) is 7.05 Å². The summed E-state index contributed by atoms with van der Waals surface area (Å²) in [7, 11) is 3.39. The van der Waals surface area contributed by atoms with Gasteiger partial charge in [-0.1, -0.05) is 0 Å². The normalized spacial score (nSPS) is 17.8. The minimum Gasteiger partial charge on any atom is -0.493 e. The van der Waals surface area contributed by atoms with Crippen LogP contribution in [0.1, 0.15) is 24.6 Å². The van der Waals surface area contributed by atoms with Crippen molar-refractivity contribution in [3.8, 4) is 5.75 Å². The number of hydrogen-bond acceptors (Lipinski definition) is 4. The zero-order chi connectivity index (χ0) is 10.8. The fourth-order valence-corrected chi connectivity index (χ4v) is 1.63. The summed E-state index contributed by atoms with van der Waals surface area (Å²) in [5.74, 6) is 0.641. The Kier molecular flexibility index (Phi) is 2.93. The lowest BCUT2D eigenvalue weighted by Crippen LogP contribution is -2.24. The van der Waals surface area contributed by atoms with Gasteiger partial charge < -0.3 is 15.2 Å². The second kappa shape index (κ2) is 4.20. The van der Waals surface area contributed by atoms with Gasteiger partial charge in [0.1, 0.15) is 11.8 Å². The molecule has 2 N–H and O–H groups in total. The van der Waals surface area contributed by atoms with Crippen LogP contribution in [0, 0.1) is 0 Å². The lowest BCUT2D eigenvalue weighted by molar-refractivity contribution is 0.160. The third kappa shape index (κ3) is 2.30. The Balaban J connectivity index is 2.01. The topological polar surface area (TPSA) is 59.3 Å². The Hall–Kier alpha value is -1.07. The van der Waals surface area contributed by atoms with Crippen LogP contribution in [-0.2, 0) is 7.05 Å². The Labute approximate surface area is 89.0 Å². The SMILES string of the molecule is COc1cnn(C)c1C(O)CNC1CC1. The van der Waals surface area contributed by atoms with Crippen LogP contribution in [-0.4, -0.2) is 34.6 Å². The molecule has 1 aliphatic rings. The number of nitrogens with one attached hydrogen (secondary N) is 1. The van der Waals surface area contributed by atoms with Crippen LogP contribution >= 0.6 is 0 Å². The van der Waals surface area contributed by atoms with E-state index in [0.29, 0.717) is 18.3 Å². The van der Waals surface area contributed by atoms with Crippen molar-refractivity contribution >= 4 is 0 Å². The van der Waals surface area contributed by atoms with E-state index in [0.717, 1.165) is 5.69 Å². The van der Waals surface area contributed by atoms with Crippen LogP contribution in [0.3, 0.4) is 0 Å². The molecule has 0 saturated heterocycles. The van der Waals surface area contributed by atoms with Gasteiger partial charge in [-0.25, -0.2) is 0 Å². The molecule has 0 aromatic carbocycles. The van der Waals surface area contributed by atoms with Gasteiger partial charge in [0, 0.05) is 19.6 Å². The lowest BCUT2D eigenvalue weighted by atomic mass is 10.2. The Morgan fingerprint density at radius 1 is 1.73 bits per heavy atom. The molecule has 5 heteroatoms. The molecule has 0 amide bonds. The van der Waals surface area contributed by atoms with E-state index in [-0.39, 0.29) is 0 Å². The van der Waals surface area contributed by atoms with E-state index >= 15 is 0 Å². The standard InChI is InChI=1S/C10H17N3O2/c1-13-10(9(15-2)6-12-13)8(14)5-11-7-3-4-7/h6-8,11,14H,3-5H2,1-2H3.